The van der Waals surface area contributed by atoms with E-state index in [-0.39, 0.29) is 0 Å². The Hall–Kier alpha value is -0.660. The van der Waals surface area contributed by atoms with Gasteiger partial charge in [0, 0.05) is 1.37 Å². The Morgan fingerprint density at radius 2 is 1.80 bits per heavy atom. The topological polar surface area (TPSA) is 121 Å². The molecule has 0 aromatic rings. The first-order chi connectivity index (χ1) is 7.31. The summed E-state index contributed by atoms with van der Waals surface area (Å²) in [5.41, 5.74) is 0. The molecule has 0 saturated heterocycles. The van der Waals surface area contributed by atoms with Gasteiger partial charge in [-0.25, -0.2) is 0 Å². The molecule has 0 aliphatic heterocycles. The van der Waals surface area contributed by atoms with Crippen LogP contribution in [0, 0.1) is 0 Å². The molecule has 0 aromatic carbocycles. The highest BCUT2D eigenvalue weighted by Gasteiger charge is 2.31. The Morgan fingerprint density at radius 1 is 1.27 bits per heavy atom. The zero-order chi connectivity index (χ0) is 12.9. The van der Waals surface area contributed by atoms with Gasteiger partial charge in [-0.1, -0.05) is 6.92 Å². The lowest BCUT2D eigenvalue weighted by Gasteiger charge is -2.25. The summed E-state index contributed by atoms with van der Waals surface area (Å²) in [6.07, 6.45) is -6.89. The van der Waals surface area contributed by atoms with Crippen LogP contribution in [-0.4, -0.2) is 61.7 Å². The fourth-order valence-electron chi connectivity index (χ4n) is 0.967. The first-order valence-electron chi connectivity index (χ1n) is 5.05. The highest BCUT2D eigenvalue weighted by atomic mass is 16.4. The summed E-state index contributed by atoms with van der Waals surface area (Å²) in [5.74, 6) is -0.667. The van der Waals surface area contributed by atoms with Crippen molar-refractivity contribution < 1.29 is 32.0 Å². The van der Waals surface area contributed by atoms with Crippen molar-refractivity contribution in [3.8, 4) is 0 Å². The van der Waals surface area contributed by atoms with E-state index in [1.54, 1.807) is 0 Å². The molecule has 6 N–H and O–H groups in total. The van der Waals surface area contributed by atoms with Crippen LogP contribution in [0.2, 0.25) is 0 Å². The fourth-order valence-corrected chi connectivity index (χ4v) is 0.967. The average molecular weight is 223 g/mol. The summed E-state index contributed by atoms with van der Waals surface area (Å²) in [5, 5.41) is 54.7. The molecular weight excluding hydrogens is 204 g/mol. The third-order valence-electron chi connectivity index (χ3n) is 1.90. The maximum atomic E-state index is 9.35. The van der Waals surface area contributed by atoms with Crippen molar-refractivity contribution in [1.29, 1.82) is 0 Å². The van der Waals surface area contributed by atoms with Crippen LogP contribution in [0.3, 0.4) is 0 Å². The number of rotatable bonds is 6. The molecule has 15 heavy (non-hydrogen) atoms. The molecule has 0 amide bonds. The van der Waals surface area contributed by atoms with Crippen molar-refractivity contribution in [2.24, 2.45) is 0 Å². The number of hydrogen-bond donors (Lipinski definition) is 6. The number of aliphatic hydroxyl groups excluding tert-OH is 6. The van der Waals surface area contributed by atoms with E-state index < -0.39 is 43.2 Å². The standard InChI is InChI=1S/C9H18O6/c1-2-3-5(11)7(13)9(15)8(14)6(12)4-10/h3,6-15H,2,4H2,1H3/t6-,7-,8-,9-/m1/s1/i2D/t2?,6-,7-,8-,9-. The van der Waals surface area contributed by atoms with Crippen LogP contribution in [0.4, 0.5) is 0 Å². The third-order valence-corrected chi connectivity index (χ3v) is 1.90. The van der Waals surface area contributed by atoms with Crippen molar-refractivity contribution in [2.75, 3.05) is 6.61 Å². The minimum atomic E-state index is -1.85. The van der Waals surface area contributed by atoms with Gasteiger partial charge in [0.1, 0.15) is 30.2 Å². The van der Waals surface area contributed by atoms with Crippen LogP contribution in [-0.2, 0) is 0 Å². The summed E-state index contributed by atoms with van der Waals surface area (Å²) in [7, 11) is 0. The molecular formula is C9H18O6. The van der Waals surface area contributed by atoms with Crippen LogP contribution < -0.4 is 0 Å². The number of hydrogen-bond acceptors (Lipinski definition) is 6. The van der Waals surface area contributed by atoms with Crippen LogP contribution in [0.1, 0.15) is 14.7 Å². The maximum Gasteiger partial charge on any atom is 0.139 e. The summed E-state index contributed by atoms with van der Waals surface area (Å²) >= 11 is 0. The monoisotopic (exact) mass is 223 g/mol. The molecule has 0 aliphatic rings. The third kappa shape index (κ3) is 4.15. The van der Waals surface area contributed by atoms with Gasteiger partial charge in [-0.3, -0.25) is 0 Å². The SMILES string of the molecule is [2H]C(C)C=C(O)[C@@H](O)[C@@H](O)[C@H](O)[C@H](O)CO. The van der Waals surface area contributed by atoms with Gasteiger partial charge in [0.2, 0.25) is 0 Å². The molecule has 0 aliphatic carbocycles. The van der Waals surface area contributed by atoms with Crippen molar-refractivity contribution in [2.45, 2.75) is 37.7 Å². The number of aliphatic hydroxyl groups is 6. The van der Waals surface area contributed by atoms with Crippen LogP contribution in [0.15, 0.2) is 11.8 Å². The summed E-state index contributed by atoms with van der Waals surface area (Å²) < 4.78 is 7.09. The predicted molar refractivity (Wildman–Crippen MR) is 52.1 cm³/mol. The summed E-state index contributed by atoms with van der Waals surface area (Å²) in [4.78, 5) is 0. The Morgan fingerprint density at radius 3 is 2.20 bits per heavy atom. The van der Waals surface area contributed by atoms with Gasteiger partial charge in [-0.15, -0.1) is 0 Å². The largest absolute Gasteiger partial charge is 0.510 e. The molecule has 0 fully saturated rings. The average Bonchev–Trinajstić information content (AvgIpc) is 2.23. The molecule has 0 bridgehead atoms. The van der Waals surface area contributed by atoms with Gasteiger partial charge >= 0.3 is 0 Å². The first-order valence-corrected chi connectivity index (χ1v) is 4.47. The molecule has 6 nitrogen and oxygen atoms in total. The van der Waals surface area contributed by atoms with E-state index in [2.05, 4.69) is 0 Å². The zero-order valence-corrected chi connectivity index (χ0v) is 8.35. The molecule has 0 rings (SSSR count). The molecule has 0 aromatic heterocycles. The van der Waals surface area contributed by atoms with Gasteiger partial charge in [0.25, 0.3) is 0 Å². The summed E-state index contributed by atoms with van der Waals surface area (Å²) in [6, 6.07) is 0. The van der Waals surface area contributed by atoms with Gasteiger partial charge in [-0.2, -0.15) is 0 Å². The smallest absolute Gasteiger partial charge is 0.139 e. The number of allylic oxidation sites excluding steroid dienone is 1. The van der Waals surface area contributed by atoms with E-state index in [0.717, 1.165) is 6.08 Å². The second-order valence-electron chi connectivity index (χ2n) is 3.10. The molecule has 0 heterocycles. The van der Waals surface area contributed by atoms with Crippen LogP contribution in [0.5, 0.6) is 0 Å². The normalized spacial score (nSPS) is 23.9. The zero-order valence-electron chi connectivity index (χ0n) is 9.35. The van der Waals surface area contributed by atoms with E-state index in [9.17, 15) is 20.4 Å². The van der Waals surface area contributed by atoms with E-state index in [1.165, 1.54) is 6.92 Å². The van der Waals surface area contributed by atoms with E-state index in [1.807, 2.05) is 0 Å². The van der Waals surface area contributed by atoms with Gasteiger partial charge in [0.15, 0.2) is 0 Å². The molecule has 90 valence electrons. The molecule has 5 atom stereocenters. The molecule has 6 heteroatoms. The lowest BCUT2D eigenvalue weighted by molar-refractivity contribution is -0.113. The molecule has 1 unspecified atom stereocenters. The van der Waals surface area contributed by atoms with Crippen molar-refractivity contribution in [3.05, 3.63) is 11.8 Å². The summed E-state index contributed by atoms with van der Waals surface area (Å²) in [6.45, 7) is 0.637. The van der Waals surface area contributed by atoms with Crippen molar-refractivity contribution in [3.63, 3.8) is 0 Å². The highest BCUT2D eigenvalue weighted by molar-refractivity contribution is 5.02. The Kier molecular flexibility index (Phi) is 5.59. The van der Waals surface area contributed by atoms with Gasteiger partial charge in [-0.05, 0) is 12.5 Å². The van der Waals surface area contributed by atoms with Crippen LogP contribution >= 0.6 is 0 Å². The Labute approximate surface area is 89.1 Å². The lowest BCUT2D eigenvalue weighted by Crippen LogP contribution is -2.46. The van der Waals surface area contributed by atoms with Gasteiger partial charge in [0.05, 0.1) is 6.61 Å². The second kappa shape index (κ2) is 6.76. The lowest BCUT2D eigenvalue weighted by atomic mass is 10.0. The Bertz CT molecular complexity index is 232. The second-order valence-corrected chi connectivity index (χ2v) is 3.10. The minimum Gasteiger partial charge on any atom is -0.510 e. The Balaban J connectivity index is 4.54. The predicted octanol–water partition coefficient (Wildman–Crippen LogP) is -1.73. The fraction of sp³-hybridized carbons (Fsp3) is 0.778. The highest BCUT2D eigenvalue weighted by Crippen LogP contribution is 2.11. The first kappa shape index (κ1) is 12.4. The van der Waals surface area contributed by atoms with Crippen molar-refractivity contribution >= 4 is 0 Å². The quantitative estimate of drug-likeness (QED) is 0.298. The van der Waals surface area contributed by atoms with Crippen molar-refractivity contribution in [1.82, 2.24) is 0 Å². The molecule has 0 radical (unpaired) electrons. The van der Waals surface area contributed by atoms with E-state index in [4.69, 9.17) is 11.6 Å². The van der Waals surface area contributed by atoms with Gasteiger partial charge < -0.3 is 30.6 Å². The maximum absolute atomic E-state index is 9.35. The molecule has 0 saturated carbocycles. The van der Waals surface area contributed by atoms with E-state index in [0.29, 0.717) is 0 Å². The van der Waals surface area contributed by atoms with Crippen LogP contribution in [0.25, 0.3) is 0 Å². The molecule has 0 spiro atoms. The minimum absolute atomic E-state index is 0.667. The van der Waals surface area contributed by atoms with E-state index >= 15 is 0 Å².